The van der Waals surface area contributed by atoms with E-state index in [4.69, 9.17) is 27.9 Å². The molecule has 0 aliphatic heterocycles. The molecule has 3 amide bonds. The Kier molecular flexibility index (Phi) is 8.05. The number of aryl methyl sites for hydroxylation is 1. The van der Waals surface area contributed by atoms with Gasteiger partial charge in [0.05, 0.1) is 15.5 Å². The van der Waals surface area contributed by atoms with Gasteiger partial charge in [-0.15, -0.1) is 0 Å². The highest BCUT2D eigenvalue weighted by atomic mass is 35.5. The molecule has 0 saturated heterocycles. The molecule has 0 radical (unpaired) electrons. The van der Waals surface area contributed by atoms with Crippen molar-refractivity contribution in [1.29, 1.82) is 0 Å². The molecule has 0 spiro atoms. The van der Waals surface area contributed by atoms with Crippen molar-refractivity contribution in [3.8, 4) is 11.5 Å². The van der Waals surface area contributed by atoms with Crippen LogP contribution in [-0.4, -0.2) is 24.8 Å². The van der Waals surface area contributed by atoms with E-state index in [0.717, 1.165) is 36.8 Å². The van der Waals surface area contributed by atoms with Gasteiger partial charge in [-0.3, -0.25) is 14.9 Å². The number of rotatable bonds is 8. The van der Waals surface area contributed by atoms with Crippen molar-refractivity contribution in [2.75, 3.05) is 7.05 Å². The van der Waals surface area contributed by atoms with Crippen LogP contribution >= 0.6 is 23.2 Å². The van der Waals surface area contributed by atoms with E-state index in [0.29, 0.717) is 17.7 Å². The predicted octanol–water partition coefficient (Wildman–Crippen LogP) is 6.35. The topological polar surface area (TPSA) is 84.5 Å². The maximum absolute atomic E-state index is 13.0. The van der Waals surface area contributed by atoms with Crippen molar-refractivity contribution in [1.82, 2.24) is 10.6 Å². The van der Waals surface area contributed by atoms with E-state index in [-0.39, 0.29) is 27.2 Å². The highest BCUT2D eigenvalue weighted by Crippen LogP contribution is 2.48. The van der Waals surface area contributed by atoms with Crippen LogP contribution in [0.5, 0.6) is 11.5 Å². The molecule has 34 heavy (non-hydrogen) atoms. The Morgan fingerprint density at radius 2 is 1.76 bits per heavy atom. The van der Waals surface area contributed by atoms with Gasteiger partial charge in [-0.05, 0) is 67.1 Å². The molecule has 2 aromatic rings. The summed E-state index contributed by atoms with van der Waals surface area (Å²) in [6.07, 6.45) is 4.08. The zero-order valence-corrected chi connectivity index (χ0v) is 21.0. The Morgan fingerprint density at radius 1 is 1.12 bits per heavy atom. The van der Waals surface area contributed by atoms with Crippen LogP contribution in [-0.2, 0) is 15.0 Å². The molecular weight excluding hydrogens is 475 g/mol. The molecule has 6 nitrogen and oxygen atoms in total. The number of halogens is 2. The Labute approximate surface area is 209 Å². The maximum Gasteiger partial charge on any atom is 0.321 e. The Morgan fingerprint density at radius 3 is 2.29 bits per heavy atom. The summed E-state index contributed by atoms with van der Waals surface area (Å²) in [5, 5.41) is 4.80. The third-order valence-corrected chi connectivity index (χ3v) is 6.80. The summed E-state index contributed by atoms with van der Waals surface area (Å²) >= 11 is 12.9. The zero-order chi connectivity index (χ0) is 25.0. The Hall–Kier alpha value is -2.83. The van der Waals surface area contributed by atoms with Crippen LogP contribution in [0.1, 0.15) is 55.7 Å². The first kappa shape index (κ1) is 25.8. The van der Waals surface area contributed by atoms with Crippen LogP contribution in [0.4, 0.5) is 4.79 Å². The summed E-state index contributed by atoms with van der Waals surface area (Å²) in [6, 6.07) is 8.00. The van der Waals surface area contributed by atoms with E-state index in [2.05, 4.69) is 17.2 Å². The molecule has 0 heterocycles. The fourth-order valence-corrected chi connectivity index (χ4v) is 4.76. The minimum atomic E-state index is -0.675. The number of urea groups is 1. The van der Waals surface area contributed by atoms with E-state index >= 15 is 0 Å². The van der Waals surface area contributed by atoms with Gasteiger partial charge < -0.3 is 10.1 Å². The molecule has 0 unspecified atom stereocenters. The summed E-state index contributed by atoms with van der Waals surface area (Å²) < 4.78 is 6.05. The van der Waals surface area contributed by atoms with Gasteiger partial charge in [0, 0.05) is 19.0 Å². The van der Waals surface area contributed by atoms with Crippen LogP contribution in [0.25, 0.3) is 5.57 Å². The number of imide groups is 1. The number of benzene rings is 2. The second-order valence-electron chi connectivity index (χ2n) is 8.47. The molecule has 1 aliphatic carbocycles. The number of nitrogens with one attached hydrogen (secondary N) is 2. The fraction of sp³-hybridized carbons (Fsp3) is 0.346. The van der Waals surface area contributed by atoms with Crippen LogP contribution in [0.15, 0.2) is 36.9 Å². The maximum atomic E-state index is 13.0. The molecule has 8 heteroatoms. The van der Waals surface area contributed by atoms with Crippen molar-refractivity contribution < 1.29 is 19.1 Å². The van der Waals surface area contributed by atoms with Crippen molar-refractivity contribution >= 4 is 46.5 Å². The fourth-order valence-electron chi connectivity index (χ4n) is 4.20. The normalized spacial score (nSPS) is 14.0. The number of hydrogen-bond donors (Lipinski definition) is 2. The minimum Gasteiger partial charge on any atom is -0.454 e. The van der Waals surface area contributed by atoms with Gasteiger partial charge in [0.1, 0.15) is 11.5 Å². The molecule has 0 aromatic heterocycles. The summed E-state index contributed by atoms with van der Waals surface area (Å²) in [4.78, 5) is 36.6. The molecule has 0 bridgehead atoms. The van der Waals surface area contributed by atoms with Gasteiger partial charge in [-0.1, -0.05) is 49.2 Å². The van der Waals surface area contributed by atoms with Gasteiger partial charge in [-0.25, -0.2) is 4.79 Å². The van der Waals surface area contributed by atoms with Crippen LogP contribution in [0.3, 0.4) is 0 Å². The van der Waals surface area contributed by atoms with Crippen LogP contribution < -0.4 is 15.4 Å². The molecule has 180 valence electrons. The van der Waals surface area contributed by atoms with Gasteiger partial charge in [0.2, 0.25) is 0 Å². The SMILES string of the molecule is C=C(C(=O)NC(=O)NC)c1cc(Cl)c(Oc2ccc(C)c(C3(C(=O)CCC)CCC3)c2)c(Cl)c1. The average Bonchev–Trinajstić information content (AvgIpc) is 2.76. The largest absolute Gasteiger partial charge is 0.454 e. The van der Waals surface area contributed by atoms with Crippen LogP contribution in [0.2, 0.25) is 10.0 Å². The summed E-state index contributed by atoms with van der Waals surface area (Å²) in [5.41, 5.74) is 1.96. The van der Waals surface area contributed by atoms with E-state index in [1.807, 2.05) is 32.0 Å². The second kappa shape index (κ2) is 10.6. The molecule has 1 aliphatic rings. The number of amides is 3. The molecule has 2 aromatic carbocycles. The molecule has 0 atom stereocenters. The lowest BCUT2D eigenvalue weighted by molar-refractivity contribution is -0.127. The monoisotopic (exact) mass is 502 g/mol. The van der Waals surface area contributed by atoms with E-state index in [1.165, 1.54) is 19.2 Å². The van der Waals surface area contributed by atoms with E-state index < -0.39 is 17.4 Å². The van der Waals surface area contributed by atoms with Crippen LogP contribution in [0, 0.1) is 6.92 Å². The van der Waals surface area contributed by atoms with E-state index in [1.54, 1.807) is 0 Å². The number of ketones is 1. The highest BCUT2D eigenvalue weighted by molar-refractivity contribution is 6.38. The first-order chi connectivity index (χ1) is 16.1. The second-order valence-corrected chi connectivity index (χ2v) is 9.28. The standard InChI is InChI=1S/C26H28Cl2N2O4/c1-5-7-22(31)26(10-6-11-26)19-14-18(9-8-15(19)2)34-23-20(27)12-17(13-21(23)28)16(3)24(32)30-25(33)29-4/h8-9,12-14H,3,5-7,10-11H2,1-2,4H3,(H2,29,30,32,33). The Balaban J connectivity index is 1.88. The number of carbonyl (C=O) groups is 3. The van der Waals surface area contributed by atoms with Crippen molar-refractivity contribution in [2.24, 2.45) is 0 Å². The summed E-state index contributed by atoms with van der Waals surface area (Å²) in [5.74, 6) is 0.342. The summed E-state index contributed by atoms with van der Waals surface area (Å²) in [6.45, 7) is 7.74. The van der Waals surface area contributed by atoms with Gasteiger partial charge in [0.25, 0.3) is 5.91 Å². The third-order valence-electron chi connectivity index (χ3n) is 6.24. The Bertz CT molecular complexity index is 1130. The van der Waals surface area contributed by atoms with Gasteiger partial charge >= 0.3 is 6.03 Å². The molecular formula is C26H28Cl2N2O4. The van der Waals surface area contributed by atoms with Gasteiger partial charge in [-0.2, -0.15) is 0 Å². The molecule has 3 rings (SSSR count). The van der Waals surface area contributed by atoms with E-state index in [9.17, 15) is 14.4 Å². The first-order valence-corrected chi connectivity index (χ1v) is 11.9. The quantitative estimate of drug-likeness (QED) is 0.411. The average molecular weight is 503 g/mol. The van der Waals surface area contributed by atoms with Gasteiger partial charge in [0.15, 0.2) is 5.75 Å². The number of ether oxygens (including phenoxy) is 1. The lowest BCUT2D eigenvalue weighted by Crippen LogP contribution is -2.42. The lowest BCUT2D eigenvalue weighted by Gasteiger charge is -2.42. The number of carbonyl (C=O) groups excluding carboxylic acids is 3. The molecule has 1 saturated carbocycles. The lowest BCUT2D eigenvalue weighted by atomic mass is 9.60. The number of Topliss-reactive ketones (excluding diaryl/α,β-unsaturated/α-hetero) is 1. The molecule has 2 N–H and O–H groups in total. The number of hydrogen-bond acceptors (Lipinski definition) is 4. The first-order valence-electron chi connectivity index (χ1n) is 11.2. The van der Waals surface area contributed by atoms with Crippen molar-refractivity contribution in [3.63, 3.8) is 0 Å². The predicted molar refractivity (Wildman–Crippen MR) is 135 cm³/mol. The third kappa shape index (κ3) is 5.13. The molecule has 1 fully saturated rings. The van der Waals surface area contributed by atoms with Crippen molar-refractivity contribution in [2.45, 2.75) is 51.4 Å². The smallest absolute Gasteiger partial charge is 0.321 e. The van der Waals surface area contributed by atoms with Crippen molar-refractivity contribution in [3.05, 3.63) is 63.6 Å². The highest BCUT2D eigenvalue weighted by Gasteiger charge is 2.45. The summed E-state index contributed by atoms with van der Waals surface area (Å²) in [7, 11) is 1.40. The zero-order valence-electron chi connectivity index (χ0n) is 19.5. The minimum absolute atomic E-state index is 0.0259.